The fraction of sp³-hybridized carbons (Fsp3) is 0.333. The number of aryl methyl sites for hydroxylation is 1. The van der Waals surface area contributed by atoms with Crippen molar-refractivity contribution in [1.29, 1.82) is 0 Å². The molecular weight excluding hydrogens is 402 g/mol. The molecule has 8 nitrogen and oxygen atoms in total. The van der Waals surface area contributed by atoms with Gasteiger partial charge in [-0.15, -0.1) is 0 Å². The van der Waals surface area contributed by atoms with E-state index in [9.17, 15) is 4.79 Å². The SMILES string of the molecule is N[C@H]1CC[C@@H](Nc2nc(Nc3ccc4c(c3)CCC(=O)N4)ncc2-c2ccncc2)CC1. The lowest BCUT2D eigenvalue weighted by molar-refractivity contribution is -0.116. The number of nitrogens with zero attached hydrogens (tertiary/aromatic N) is 3. The van der Waals surface area contributed by atoms with Gasteiger partial charge in [-0.2, -0.15) is 4.98 Å². The molecule has 0 spiro atoms. The fourth-order valence-electron chi connectivity index (χ4n) is 4.34. The largest absolute Gasteiger partial charge is 0.367 e. The zero-order chi connectivity index (χ0) is 21.9. The Morgan fingerprint density at radius 3 is 2.66 bits per heavy atom. The molecule has 32 heavy (non-hydrogen) atoms. The third-order valence-corrected chi connectivity index (χ3v) is 6.15. The molecule has 164 valence electrons. The van der Waals surface area contributed by atoms with Crippen LogP contribution in [0.3, 0.4) is 0 Å². The maximum Gasteiger partial charge on any atom is 0.229 e. The van der Waals surface area contributed by atoms with Crippen LogP contribution in [0.1, 0.15) is 37.7 Å². The molecule has 3 aromatic rings. The van der Waals surface area contributed by atoms with Gasteiger partial charge in [0.2, 0.25) is 11.9 Å². The van der Waals surface area contributed by atoms with Crippen LogP contribution in [0, 0.1) is 0 Å². The van der Waals surface area contributed by atoms with Crippen LogP contribution < -0.4 is 21.7 Å². The summed E-state index contributed by atoms with van der Waals surface area (Å²) < 4.78 is 0. The number of nitrogens with one attached hydrogen (secondary N) is 3. The summed E-state index contributed by atoms with van der Waals surface area (Å²) in [5.41, 5.74) is 10.9. The Morgan fingerprint density at radius 2 is 1.84 bits per heavy atom. The van der Waals surface area contributed by atoms with Crippen LogP contribution in [-0.4, -0.2) is 32.9 Å². The van der Waals surface area contributed by atoms with E-state index in [1.54, 1.807) is 12.4 Å². The van der Waals surface area contributed by atoms with Gasteiger partial charge in [0.05, 0.1) is 0 Å². The van der Waals surface area contributed by atoms with Crippen molar-refractivity contribution in [2.45, 2.75) is 50.6 Å². The van der Waals surface area contributed by atoms with Gasteiger partial charge in [0.25, 0.3) is 0 Å². The monoisotopic (exact) mass is 429 g/mol. The van der Waals surface area contributed by atoms with E-state index in [2.05, 4.69) is 25.9 Å². The first-order valence-electron chi connectivity index (χ1n) is 11.1. The van der Waals surface area contributed by atoms with Gasteiger partial charge < -0.3 is 21.7 Å². The molecule has 0 saturated heterocycles. The molecule has 5 N–H and O–H groups in total. The quantitative estimate of drug-likeness (QED) is 0.486. The van der Waals surface area contributed by atoms with Gasteiger partial charge in [-0.3, -0.25) is 9.78 Å². The van der Waals surface area contributed by atoms with Crippen LogP contribution in [0.25, 0.3) is 11.1 Å². The zero-order valence-corrected chi connectivity index (χ0v) is 17.8. The number of amides is 1. The van der Waals surface area contributed by atoms with Crippen LogP contribution >= 0.6 is 0 Å². The second-order valence-corrected chi connectivity index (χ2v) is 8.49. The van der Waals surface area contributed by atoms with Gasteiger partial charge >= 0.3 is 0 Å². The van der Waals surface area contributed by atoms with Gasteiger partial charge in [0, 0.05) is 54.0 Å². The number of hydrogen-bond acceptors (Lipinski definition) is 7. The predicted octanol–water partition coefficient (Wildman–Crippen LogP) is 3.85. The third-order valence-electron chi connectivity index (χ3n) is 6.15. The maximum atomic E-state index is 11.6. The first kappa shape index (κ1) is 20.4. The standard InChI is InChI=1S/C24H27N7O/c25-17-2-4-18(5-3-17)28-23-20(15-9-11-26-12-10-15)14-27-24(31-23)29-19-6-7-21-16(13-19)1-8-22(32)30-21/h6-7,9-14,17-18H,1-5,8,25H2,(H,30,32)(H2,27,28,29,31)/t17-,18+. The van der Waals surface area contributed by atoms with Gasteiger partial charge in [-0.25, -0.2) is 4.98 Å². The van der Waals surface area contributed by atoms with E-state index in [0.717, 1.165) is 66.0 Å². The minimum atomic E-state index is 0.0626. The lowest BCUT2D eigenvalue weighted by atomic mass is 9.91. The van der Waals surface area contributed by atoms with Crippen LogP contribution in [0.2, 0.25) is 0 Å². The normalized spacial score (nSPS) is 20.2. The van der Waals surface area contributed by atoms with Gasteiger partial charge in [-0.05, 0) is 73.6 Å². The Bertz CT molecular complexity index is 1110. The molecule has 2 aliphatic rings. The number of aromatic nitrogens is 3. The molecule has 0 radical (unpaired) electrons. The topological polar surface area (TPSA) is 118 Å². The minimum absolute atomic E-state index is 0.0626. The number of carbonyl (C=O) groups is 1. The average molecular weight is 430 g/mol. The van der Waals surface area contributed by atoms with E-state index in [1.807, 2.05) is 36.5 Å². The Balaban J connectivity index is 1.41. The first-order chi connectivity index (χ1) is 15.6. The van der Waals surface area contributed by atoms with Gasteiger partial charge in [0.1, 0.15) is 5.82 Å². The van der Waals surface area contributed by atoms with Crippen molar-refractivity contribution in [2.75, 3.05) is 16.0 Å². The number of benzene rings is 1. The lowest BCUT2D eigenvalue weighted by Crippen LogP contribution is -2.33. The second-order valence-electron chi connectivity index (χ2n) is 8.49. The highest BCUT2D eigenvalue weighted by molar-refractivity contribution is 5.94. The molecule has 0 bridgehead atoms. The number of fused-ring (bicyclic) bond motifs is 1. The fourth-order valence-corrected chi connectivity index (χ4v) is 4.34. The van der Waals surface area contributed by atoms with E-state index < -0.39 is 0 Å². The maximum absolute atomic E-state index is 11.6. The van der Waals surface area contributed by atoms with Gasteiger partial charge in [0.15, 0.2) is 0 Å². The number of pyridine rings is 1. The van der Waals surface area contributed by atoms with Crippen LogP contribution in [0.5, 0.6) is 0 Å². The zero-order valence-electron chi connectivity index (χ0n) is 17.8. The highest BCUT2D eigenvalue weighted by Crippen LogP contribution is 2.31. The van der Waals surface area contributed by atoms with E-state index in [1.165, 1.54) is 0 Å². The molecule has 5 rings (SSSR count). The van der Waals surface area contributed by atoms with Crippen LogP contribution in [0.15, 0.2) is 48.9 Å². The van der Waals surface area contributed by atoms with Crippen molar-refractivity contribution in [3.05, 3.63) is 54.5 Å². The summed E-state index contributed by atoms with van der Waals surface area (Å²) in [6, 6.07) is 10.5. The Hall–Kier alpha value is -3.52. The minimum Gasteiger partial charge on any atom is -0.367 e. The van der Waals surface area contributed by atoms with Crippen LogP contribution in [0.4, 0.5) is 23.1 Å². The molecule has 1 saturated carbocycles. The number of anilines is 4. The van der Waals surface area contributed by atoms with Crippen molar-refractivity contribution in [2.24, 2.45) is 5.73 Å². The molecule has 1 aliphatic carbocycles. The Morgan fingerprint density at radius 1 is 1.03 bits per heavy atom. The van der Waals surface area contributed by atoms with Gasteiger partial charge in [-0.1, -0.05) is 0 Å². The molecule has 0 atom stereocenters. The van der Waals surface area contributed by atoms with E-state index in [-0.39, 0.29) is 5.91 Å². The third kappa shape index (κ3) is 4.55. The first-order valence-corrected chi connectivity index (χ1v) is 11.1. The van der Waals surface area contributed by atoms with Crippen molar-refractivity contribution < 1.29 is 4.79 Å². The summed E-state index contributed by atoms with van der Waals surface area (Å²) in [4.78, 5) is 25.1. The van der Waals surface area contributed by atoms with Crippen molar-refractivity contribution in [1.82, 2.24) is 15.0 Å². The van der Waals surface area contributed by atoms with Crippen LogP contribution in [-0.2, 0) is 11.2 Å². The number of carbonyl (C=O) groups excluding carboxylic acids is 1. The molecular formula is C24H27N7O. The van der Waals surface area contributed by atoms with E-state index in [4.69, 9.17) is 10.7 Å². The second kappa shape index (κ2) is 8.92. The van der Waals surface area contributed by atoms with E-state index in [0.29, 0.717) is 24.5 Å². The Labute approximate surface area is 187 Å². The Kier molecular flexibility index (Phi) is 5.68. The van der Waals surface area contributed by atoms with Crippen molar-refractivity contribution in [3.63, 3.8) is 0 Å². The summed E-state index contributed by atoms with van der Waals surface area (Å²) in [6.07, 6.45) is 10.7. The predicted molar refractivity (Wildman–Crippen MR) is 126 cm³/mol. The lowest BCUT2D eigenvalue weighted by Gasteiger charge is -2.28. The summed E-state index contributed by atoms with van der Waals surface area (Å²) in [6.45, 7) is 0. The van der Waals surface area contributed by atoms with Crippen molar-refractivity contribution >= 4 is 29.0 Å². The molecule has 1 amide bonds. The molecule has 3 heterocycles. The summed E-state index contributed by atoms with van der Waals surface area (Å²) >= 11 is 0. The summed E-state index contributed by atoms with van der Waals surface area (Å²) in [5, 5.41) is 9.87. The molecule has 8 heteroatoms. The number of rotatable bonds is 5. The summed E-state index contributed by atoms with van der Waals surface area (Å²) in [7, 11) is 0. The molecule has 2 aromatic heterocycles. The number of hydrogen-bond donors (Lipinski definition) is 4. The highest BCUT2D eigenvalue weighted by atomic mass is 16.1. The average Bonchev–Trinajstić information content (AvgIpc) is 2.81. The smallest absolute Gasteiger partial charge is 0.229 e. The molecule has 1 aliphatic heterocycles. The molecule has 1 fully saturated rings. The number of nitrogens with two attached hydrogens (primary N) is 1. The molecule has 1 aromatic carbocycles. The van der Waals surface area contributed by atoms with Crippen molar-refractivity contribution in [3.8, 4) is 11.1 Å². The molecule has 0 unspecified atom stereocenters. The highest BCUT2D eigenvalue weighted by Gasteiger charge is 2.21. The van der Waals surface area contributed by atoms with E-state index >= 15 is 0 Å². The summed E-state index contributed by atoms with van der Waals surface area (Å²) in [5.74, 6) is 1.39.